The van der Waals surface area contributed by atoms with Crippen LogP contribution in [0.2, 0.25) is 0 Å². The quantitative estimate of drug-likeness (QED) is 0.536. The second-order valence-corrected chi connectivity index (χ2v) is 9.29. The summed E-state index contributed by atoms with van der Waals surface area (Å²) in [5, 5.41) is 0. The minimum Gasteiger partial charge on any atom is -0.492 e. The van der Waals surface area contributed by atoms with E-state index in [4.69, 9.17) is 9.47 Å². The van der Waals surface area contributed by atoms with Crippen LogP contribution >= 0.6 is 0 Å². The van der Waals surface area contributed by atoms with Gasteiger partial charge in [0.2, 0.25) is 0 Å². The largest absolute Gasteiger partial charge is 0.492 e. The number of ether oxygens (including phenoxy) is 2. The Morgan fingerprint density at radius 3 is 2.03 bits per heavy atom. The first-order chi connectivity index (χ1) is 15.6. The number of hydrogen-bond donors (Lipinski definition) is 0. The Morgan fingerprint density at radius 1 is 0.875 bits per heavy atom. The van der Waals surface area contributed by atoms with Gasteiger partial charge >= 0.3 is 5.69 Å². The zero-order chi connectivity index (χ0) is 22.1. The second kappa shape index (κ2) is 8.87. The van der Waals surface area contributed by atoms with Gasteiger partial charge in [-0.2, -0.15) is 0 Å². The molecule has 1 aromatic heterocycles. The molecule has 6 nitrogen and oxygen atoms in total. The molecule has 0 spiro atoms. The first-order valence-electron chi connectivity index (χ1n) is 11.5. The van der Waals surface area contributed by atoms with Crippen LogP contribution in [0.25, 0.3) is 11.4 Å². The highest BCUT2D eigenvalue weighted by Crippen LogP contribution is 2.46. The summed E-state index contributed by atoms with van der Waals surface area (Å²) in [4.78, 5) is 15.1. The third-order valence-corrected chi connectivity index (χ3v) is 6.77. The molecule has 2 aromatic carbocycles. The maximum absolute atomic E-state index is 13.0. The number of rotatable bonds is 8. The maximum atomic E-state index is 13.0. The van der Waals surface area contributed by atoms with Gasteiger partial charge in [-0.1, -0.05) is 0 Å². The molecule has 0 amide bonds. The van der Waals surface area contributed by atoms with Crippen LogP contribution in [0.4, 0.5) is 0 Å². The molecule has 0 saturated heterocycles. The van der Waals surface area contributed by atoms with Gasteiger partial charge in [0.05, 0.1) is 11.4 Å². The number of fused-ring (bicyclic) bond motifs is 2. The molecule has 5 rings (SSSR count). The van der Waals surface area contributed by atoms with E-state index in [2.05, 4.69) is 4.90 Å². The first kappa shape index (κ1) is 20.9. The van der Waals surface area contributed by atoms with Gasteiger partial charge in [-0.05, 0) is 100 Å². The van der Waals surface area contributed by atoms with Crippen molar-refractivity contribution in [3.8, 4) is 22.9 Å². The van der Waals surface area contributed by atoms with Crippen molar-refractivity contribution < 1.29 is 9.47 Å². The van der Waals surface area contributed by atoms with E-state index < -0.39 is 0 Å². The maximum Gasteiger partial charge on any atom is 0.337 e. The fourth-order valence-electron chi connectivity index (χ4n) is 5.01. The lowest BCUT2D eigenvalue weighted by Crippen LogP contribution is -2.23. The van der Waals surface area contributed by atoms with Crippen molar-refractivity contribution in [2.75, 3.05) is 27.2 Å². The summed E-state index contributed by atoms with van der Waals surface area (Å²) >= 11 is 0. The molecule has 168 valence electrons. The van der Waals surface area contributed by atoms with E-state index in [1.54, 1.807) is 21.5 Å². The normalized spacial score (nSPS) is 21.9. The Kier molecular flexibility index (Phi) is 5.79. The van der Waals surface area contributed by atoms with E-state index in [0.717, 1.165) is 41.3 Å². The highest BCUT2D eigenvalue weighted by molar-refractivity contribution is 5.40. The number of benzene rings is 2. The van der Waals surface area contributed by atoms with Crippen LogP contribution in [0.1, 0.15) is 25.7 Å². The van der Waals surface area contributed by atoms with Gasteiger partial charge in [0, 0.05) is 18.9 Å². The summed E-state index contributed by atoms with van der Waals surface area (Å²) in [5.41, 5.74) is 1.54. The summed E-state index contributed by atoms with van der Waals surface area (Å²) in [6, 6.07) is 15.5. The lowest BCUT2D eigenvalue weighted by atomic mass is 9.98. The molecule has 0 unspecified atom stereocenters. The van der Waals surface area contributed by atoms with E-state index in [9.17, 15) is 4.79 Å². The highest BCUT2D eigenvalue weighted by Gasteiger charge is 2.40. The van der Waals surface area contributed by atoms with Crippen molar-refractivity contribution in [3.63, 3.8) is 0 Å². The predicted octanol–water partition coefficient (Wildman–Crippen LogP) is 4.14. The standard InChI is InChI=1S/C26H31N3O3/c1-27(2)15-16-31-23-9-5-21(6-10-23)28-13-14-29(26(28)30)22-7-11-24(12-8-22)32-25-18-19-3-4-20(25)17-19/h5-14,19-20,25H,3-4,15-18H2,1-2H3/t19-,20-,25+/m0/s1. The van der Waals surface area contributed by atoms with Crippen molar-refractivity contribution >= 4 is 0 Å². The number of aromatic nitrogens is 2. The molecule has 1 heterocycles. The van der Waals surface area contributed by atoms with Gasteiger partial charge in [-0.3, -0.25) is 9.13 Å². The number of hydrogen-bond acceptors (Lipinski definition) is 4. The molecule has 2 saturated carbocycles. The Hall–Kier alpha value is -2.99. The average molecular weight is 434 g/mol. The zero-order valence-corrected chi connectivity index (χ0v) is 18.8. The number of imidazole rings is 1. The van der Waals surface area contributed by atoms with Crippen LogP contribution in [0.3, 0.4) is 0 Å². The Bertz CT molecular complexity index is 1100. The van der Waals surface area contributed by atoms with Gasteiger partial charge in [-0.25, -0.2) is 4.79 Å². The van der Waals surface area contributed by atoms with Gasteiger partial charge in [-0.15, -0.1) is 0 Å². The molecular formula is C26H31N3O3. The second-order valence-electron chi connectivity index (χ2n) is 9.29. The van der Waals surface area contributed by atoms with Gasteiger partial charge in [0.25, 0.3) is 0 Å². The summed E-state index contributed by atoms with van der Waals surface area (Å²) < 4.78 is 15.3. The third kappa shape index (κ3) is 4.32. The molecule has 0 aliphatic heterocycles. The monoisotopic (exact) mass is 433 g/mol. The number of nitrogens with zero attached hydrogens (tertiary/aromatic N) is 3. The molecule has 32 heavy (non-hydrogen) atoms. The van der Waals surface area contributed by atoms with Crippen LogP contribution in [-0.2, 0) is 0 Å². The minimum atomic E-state index is -0.104. The topological polar surface area (TPSA) is 48.6 Å². The average Bonchev–Trinajstić information content (AvgIpc) is 3.51. The Labute approximate surface area is 189 Å². The highest BCUT2D eigenvalue weighted by atomic mass is 16.5. The summed E-state index contributed by atoms with van der Waals surface area (Å²) in [6.45, 7) is 1.49. The lowest BCUT2D eigenvalue weighted by molar-refractivity contribution is 0.138. The predicted molar refractivity (Wildman–Crippen MR) is 125 cm³/mol. The van der Waals surface area contributed by atoms with Crippen molar-refractivity contribution in [2.24, 2.45) is 11.8 Å². The SMILES string of the molecule is CN(C)CCOc1ccc(-n2ccn(-c3ccc(O[C@@H]4C[C@H]5CC[C@H]4C5)cc3)c2=O)cc1. The molecule has 6 heteroatoms. The number of likely N-dealkylation sites (N-methyl/N-ethyl adjacent to an activating group) is 1. The van der Waals surface area contributed by atoms with E-state index in [1.807, 2.05) is 62.6 Å². The van der Waals surface area contributed by atoms with Gasteiger partial charge in [0.15, 0.2) is 0 Å². The van der Waals surface area contributed by atoms with Crippen molar-refractivity contribution in [1.82, 2.24) is 14.0 Å². The molecule has 2 bridgehead atoms. The fraction of sp³-hybridized carbons (Fsp3) is 0.423. The first-order valence-corrected chi connectivity index (χ1v) is 11.5. The van der Waals surface area contributed by atoms with Crippen molar-refractivity contribution in [2.45, 2.75) is 31.8 Å². The van der Waals surface area contributed by atoms with Gasteiger partial charge < -0.3 is 14.4 Å². The Balaban J connectivity index is 1.26. The van der Waals surface area contributed by atoms with E-state index >= 15 is 0 Å². The van der Waals surface area contributed by atoms with Gasteiger partial charge in [0.1, 0.15) is 24.2 Å². The lowest BCUT2D eigenvalue weighted by Gasteiger charge is -2.23. The molecule has 2 fully saturated rings. The van der Waals surface area contributed by atoms with Crippen LogP contribution < -0.4 is 15.2 Å². The van der Waals surface area contributed by atoms with Crippen LogP contribution in [0.5, 0.6) is 11.5 Å². The molecule has 2 aliphatic rings. The smallest absolute Gasteiger partial charge is 0.337 e. The summed E-state index contributed by atoms with van der Waals surface area (Å²) in [5.74, 6) is 3.28. The Morgan fingerprint density at radius 2 is 1.50 bits per heavy atom. The summed E-state index contributed by atoms with van der Waals surface area (Å²) in [6.07, 6.45) is 9.15. The minimum absolute atomic E-state index is 0.104. The fourth-order valence-corrected chi connectivity index (χ4v) is 5.01. The zero-order valence-electron chi connectivity index (χ0n) is 18.8. The van der Waals surface area contributed by atoms with E-state index in [1.165, 1.54) is 25.7 Å². The third-order valence-electron chi connectivity index (χ3n) is 6.77. The van der Waals surface area contributed by atoms with Crippen LogP contribution in [0, 0.1) is 11.8 Å². The molecule has 0 N–H and O–H groups in total. The molecular weight excluding hydrogens is 402 g/mol. The van der Waals surface area contributed by atoms with Crippen molar-refractivity contribution in [3.05, 3.63) is 71.4 Å². The van der Waals surface area contributed by atoms with Crippen molar-refractivity contribution in [1.29, 1.82) is 0 Å². The molecule has 0 radical (unpaired) electrons. The summed E-state index contributed by atoms with van der Waals surface area (Å²) in [7, 11) is 4.03. The molecule has 2 aliphatic carbocycles. The van der Waals surface area contributed by atoms with Crippen LogP contribution in [0.15, 0.2) is 65.7 Å². The van der Waals surface area contributed by atoms with E-state index in [-0.39, 0.29) is 5.69 Å². The molecule has 3 aromatic rings. The van der Waals surface area contributed by atoms with E-state index in [0.29, 0.717) is 12.7 Å². The molecule has 3 atom stereocenters. The van der Waals surface area contributed by atoms with Crippen LogP contribution in [-0.4, -0.2) is 47.4 Å².